The van der Waals surface area contributed by atoms with Crippen molar-refractivity contribution in [2.45, 2.75) is 32.2 Å². The number of hydrogen-bond donors (Lipinski definition) is 2. The van der Waals surface area contributed by atoms with Crippen LogP contribution in [0.25, 0.3) is 0 Å². The van der Waals surface area contributed by atoms with Crippen LogP contribution < -0.4 is 10.6 Å². The minimum absolute atomic E-state index is 0. The Morgan fingerprint density at radius 3 is 2.29 bits per heavy atom. The molecule has 0 spiro atoms. The molecule has 0 aromatic heterocycles. The van der Waals surface area contributed by atoms with E-state index in [1.807, 2.05) is 6.92 Å². The molecule has 0 aromatic rings. The fourth-order valence-corrected chi connectivity index (χ4v) is 1.45. The molecule has 1 atom stereocenters. The summed E-state index contributed by atoms with van der Waals surface area (Å²) in [6.45, 7) is 2.50. The molecule has 2 N–H and O–H groups in total. The fourth-order valence-electron chi connectivity index (χ4n) is 1.45. The summed E-state index contributed by atoms with van der Waals surface area (Å²) < 4.78 is 0. The van der Waals surface area contributed by atoms with Gasteiger partial charge >= 0.3 is 0 Å². The highest BCUT2D eigenvalue weighted by Gasteiger charge is 2.19. The van der Waals surface area contributed by atoms with Crippen LogP contribution in [0.1, 0.15) is 26.2 Å². The van der Waals surface area contributed by atoms with E-state index in [2.05, 4.69) is 10.6 Å². The van der Waals surface area contributed by atoms with Gasteiger partial charge in [-0.2, -0.15) is 0 Å². The molecule has 102 valence electrons. The lowest BCUT2D eigenvalue weighted by Gasteiger charge is -2.22. The molecule has 1 unspecified atom stereocenters. The normalized spacial score (nSPS) is 11.3. The molecule has 17 heavy (non-hydrogen) atoms. The maximum absolute atomic E-state index is 11.9. The quantitative estimate of drug-likeness (QED) is 0.700. The molecule has 0 fully saturated rings. The molecule has 0 bridgehead atoms. The number of carbonyl (C=O) groups is 2. The van der Waals surface area contributed by atoms with Crippen molar-refractivity contribution in [1.29, 1.82) is 0 Å². The maximum Gasteiger partial charge on any atom is 0.239 e. The molecule has 0 rings (SSSR count). The lowest BCUT2D eigenvalue weighted by molar-refractivity contribution is -0.132. The standard InChI is InChI=1S/C11H23N3O2.ClH/c1-5-6-9(12-2)11(16)14(4)8-7-10(15)13-3;/h9,12H,5-8H2,1-4H3,(H,13,15);1H. The molecule has 2 amide bonds. The van der Waals surface area contributed by atoms with E-state index < -0.39 is 0 Å². The second kappa shape index (κ2) is 10.4. The van der Waals surface area contributed by atoms with Crippen molar-refractivity contribution in [3.63, 3.8) is 0 Å². The largest absolute Gasteiger partial charge is 0.359 e. The van der Waals surface area contributed by atoms with Crippen molar-refractivity contribution < 1.29 is 9.59 Å². The highest BCUT2D eigenvalue weighted by atomic mass is 35.5. The van der Waals surface area contributed by atoms with Crippen LogP contribution >= 0.6 is 12.4 Å². The number of nitrogens with one attached hydrogen (secondary N) is 2. The van der Waals surface area contributed by atoms with Crippen LogP contribution in [-0.2, 0) is 9.59 Å². The first kappa shape index (κ1) is 18.6. The molecule has 0 aromatic carbocycles. The van der Waals surface area contributed by atoms with Crippen LogP contribution in [0.4, 0.5) is 0 Å². The predicted octanol–water partition coefficient (Wildman–Crippen LogP) is 0.391. The Kier molecular flexibility index (Phi) is 11.3. The highest BCUT2D eigenvalue weighted by molar-refractivity contribution is 5.85. The predicted molar refractivity (Wildman–Crippen MR) is 71.3 cm³/mol. The number of amides is 2. The molecule has 0 radical (unpaired) electrons. The first-order valence-corrected chi connectivity index (χ1v) is 5.69. The van der Waals surface area contributed by atoms with Crippen molar-refractivity contribution in [2.24, 2.45) is 0 Å². The molecule has 0 aliphatic heterocycles. The lowest BCUT2D eigenvalue weighted by atomic mass is 10.1. The molecule has 0 heterocycles. The zero-order valence-electron chi connectivity index (χ0n) is 11.1. The van der Waals surface area contributed by atoms with Crippen LogP contribution in [0.2, 0.25) is 0 Å². The van der Waals surface area contributed by atoms with Gasteiger partial charge in [0.2, 0.25) is 11.8 Å². The van der Waals surface area contributed by atoms with Gasteiger partial charge in [0.1, 0.15) is 0 Å². The summed E-state index contributed by atoms with van der Waals surface area (Å²) in [4.78, 5) is 24.5. The fraction of sp³-hybridized carbons (Fsp3) is 0.818. The Hall–Kier alpha value is -0.810. The molecule has 0 aliphatic carbocycles. The first-order chi connectivity index (χ1) is 7.56. The van der Waals surface area contributed by atoms with Gasteiger partial charge in [-0.05, 0) is 13.5 Å². The average molecular weight is 266 g/mol. The van der Waals surface area contributed by atoms with Crippen LogP contribution in [0.15, 0.2) is 0 Å². The average Bonchev–Trinajstić information content (AvgIpc) is 2.31. The van der Waals surface area contributed by atoms with Crippen molar-refractivity contribution in [3.05, 3.63) is 0 Å². The van der Waals surface area contributed by atoms with Gasteiger partial charge in [0.25, 0.3) is 0 Å². The van der Waals surface area contributed by atoms with Gasteiger partial charge < -0.3 is 15.5 Å². The van der Waals surface area contributed by atoms with E-state index in [1.165, 1.54) is 0 Å². The SMILES string of the molecule is CCCC(NC)C(=O)N(C)CCC(=O)NC.Cl. The molecule has 0 saturated heterocycles. The molecular weight excluding hydrogens is 242 g/mol. The van der Waals surface area contributed by atoms with Gasteiger partial charge in [-0.1, -0.05) is 13.3 Å². The summed E-state index contributed by atoms with van der Waals surface area (Å²) in [6.07, 6.45) is 2.13. The van der Waals surface area contributed by atoms with Gasteiger partial charge in [-0.3, -0.25) is 9.59 Å². The Morgan fingerprint density at radius 2 is 1.88 bits per heavy atom. The summed E-state index contributed by atoms with van der Waals surface area (Å²) in [7, 11) is 5.10. The van der Waals surface area contributed by atoms with Crippen molar-refractivity contribution in [3.8, 4) is 0 Å². The van der Waals surface area contributed by atoms with Crippen molar-refractivity contribution in [1.82, 2.24) is 15.5 Å². The molecule has 0 saturated carbocycles. The minimum atomic E-state index is -0.139. The summed E-state index contributed by atoms with van der Waals surface area (Å²) in [5.41, 5.74) is 0. The number of hydrogen-bond acceptors (Lipinski definition) is 3. The Bertz CT molecular complexity index is 237. The number of halogens is 1. The Balaban J connectivity index is 0. The summed E-state index contributed by atoms with van der Waals surface area (Å²) in [5.74, 6) is 0.00408. The highest BCUT2D eigenvalue weighted by Crippen LogP contribution is 2.01. The number of likely N-dealkylation sites (N-methyl/N-ethyl adjacent to an activating group) is 2. The minimum Gasteiger partial charge on any atom is -0.359 e. The second-order valence-electron chi connectivity index (χ2n) is 3.81. The van der Waals surface area contributed by atoms with Gasteiger partial charge in [-0.15, -0.1) is 12.4 Å². The second-order valence-corrected chi connectivity index (χ2v) is 3.81. The van der Waals surface area contributed by atoms with E-state index >= 15 is 0 Å². The zero-order chi connectivity index (χ0) is 12.6. The summed E-state index contributed by atoms with van der Waals surface area (Å²) in [5, 5.41) is 5.53. The van der Waals surface area contributed by atoms with Crippen molar-refractivity contribution in [2.75, 3.05) is 27.7 Å². The van der Waals surface area contributed by atoms with Crippen LogP contribution in [0.3, 0.4) is 0 Å². The van der Waals surface area contributed by atoms with Gasteiger partial charge in [0.05, 0.1) is 6.04 Å². The summed E-state index contributed by atoms with van der Waals surface area (Å²) >= 11 is 0. The van der Waals surface area contributed by atoms with E-state index in [1.54, 1.807) is 26.0 Å². The molecular formula is C11H24ClN3O2. The van der Waals surface area contributed by atoms with Gasteiger partial charge in [0.15, 0.2) is 0 Å². The lowest BCUT2D eigenvalue weighted by Crippen LogP contribution is -2.44. The van der Waals surface area contributed by atoms with Crippen LogP contribution in [-0.4, -0.2) is 50.4 Å². The third kappa shape index (κ3) is 7.18. The number of carbonyl (C=O) groups excluding carboxylic acids is 2. The first-order valence-electron chi connectivity index (χ1n) is 5.69. The third-order valence-corrected chi connectivity index (χ3v) is 2.55. The van der Waals surface area contributed by atoms with E-state index in [-0.39, 0.29) is 30.3 Å². The molecule has 0 aliphatic rings. The number of rotatable bonds is 7. The number of nitrogens with zero attached hydrogens (tertiary/aromatic N) is 1. The monoisotopic (exact) mass is 265 g/mol. The summed E-state index contributed by atoms with van der Waals surface area (Å²) in [6, 6.07) is -0.139. The van der Waals surface area contributed by atoms with Gasteiger partial charge in [-0.25, -0.2) is 0 Å². The maximum atomic E-state index is 11.9. The Labute approximate surface area is 110 Å². The third-order valence-electron chi connectivity index (χ3n) is 2.55. The topological polar surface area (TPSA) is 61.4 Å². The van der Waals surface area contributed by atoms with Crippen LogP contribution in [0, 0.1) is 0 Å². The molecule has 5 nitrogen and oxygen atoms in total. The van der Waals surface area contributed by atoms with E-state index in [0.717, 1.165) is 12.8 Å². The smallest absolute Gasteiger partial charge is 0.239 e. The van der Waals surface area contributed by atoms with E-state index in [9.17, 15) is 9.59 Å². The van der Waals surface area contributed by atoms with E-state index in [4.69, 9.17) is 0 Å². The Morgan fingerprint density at radius 1 is 1.29 bits per heavy atom. The molecule has 6 heteroatoms. The van der Waals surface area contributed by atoms with Gasteiger partial charge in [0, 0.05) is 27.1 Å². The van der Waals surface area contributed by atoms with Crippen molar-refractivity contribution >= 4 is 24.2 Å². The van der Waals surface area contributed by atoms with Crippen LogP contribution in [0.5, 0.6) is 0 Å². The van der Waals surface area contributed by atoms with E-state index in [0.29, 0.717) is 13.0 Å². The zero-order valence-corrected chi connectivity index (χ0v) is 11.9.